The molecule has 2 heterocycles. The van der Waals surface area contributed by atoms with Gasteiger partial charge in [0.05, 0.1) is 7.11 Å². The average Bonchev–Trinajstić information content (AvgIpc) is 2.84. The van der Waals surface area contributed by atoms with Crippen LogP contribution in [0.3, 0.4) is 0 Å². The third kappa shape index (κ3) is 2.19. The van der Waals surface area contributed by atoms with Crippen LogP contribution in [-0.4, -0.2) is 41.2 Å². The molecule has 21 heavy (non-hydrogen) atoms. The minimum absolute atomic E-state index is 0.565. The average molecular weight is 286 g/mol. The summed E-state index contributed by atoms with van der Waals surface area (Å²) in [6.07, 6.45) is 2.56. The molecular weight excluding hydrogens is 268 g/mol. The minimum Gasteiger partial charge on any atom is -0.497 e. The highest BCUT2D eigenvalue weighted by atomic mass is 16.5. The van der Waals surface area contributed by atoms with Gasteiger partial charge in [-0.25, -0.2) is 0 Å². The number of aromatic nitrogens is 1. The molecule has 1 atom stereocenters. The molecule has 1 aromatic heterocycles. The van der Waals surface area contributed by atoms with Gasteiger partial charge in [0.2, 0.25) is 0 Å². The van der Waals surface area contributed by atoms with Gasteiger partial charge in [0.1, 0.15) is 11.8 Å². The number of ether oxygens (including phenoxy) is 1. The van der Waals surface area contributed by atoms with E-state index < -0.39 is 12.0 Å². The largest absolute Gasteiger partial charge is 0.497 e. The number of aromatic amines is 1. The molecule has 0 bridgehead atoms. The van der Waals surface area contributed by atoms with Gasteiger partial charge < -0.3 is 14.8 Å². The summed E-state index contributed by atoms with van der Waals surface area (Å²) >= 11 is 0. The molecule has 0 spiro atoms. The maximum absolute atomic E-state index is 11.7. The number of nitrogens with zero attached hydrogens (tertiary/aromatic N) is 1. The highest BCUT2D eigenvalue weighted by Crippen LogP contribution is 2.35. The van der Waals surface area contributed by atoms with E-state index in [4.69, 9.17) is 4.74 Å². The van der Waals surface area contributed by atoms with Gasteiger partial charge in [-0.1, -0.05) is 6.08 Å². The standard InChI is InChI=1S/C16H18N2O3/c1-3-7-18-8-6-11-12-9-10(21-2)4-5-13(12)17-14(11)15(18)16(19)20/h3-5,9,15,17H,1,6-8H2,2H3,(H,19,20). The Balaban J connectivity index is 2.14. The first kappa shape index (κ1) is 13.7. The summed E-state index contributed by atoms with van der Waals surface area (Å²) in [5.41, 5.74) is 2.81. The fourth-order valence-electron chi connectivity index (χ4n) is 3.09. The van der Waals surface area contributed by atoms with Crippen LogP contribution in [0.1, 0.15) is 17.3 Å². The predicted molar refractivity (Wildman–Crippen MR) is 80.7 cm³/mol. The summed E-state index contributed by atoms with van der Waals surface area (Å²) < 4.78 is 5.26. The summed E-state index contributed by atoms with van der Waals surface area (Å²) in [5, 5.41) is 10.6. The number of nitrogens with one attached hydrogen (secondary N) is 1. The van der Waals surface area contributed by atoms with Crippen LogP contribution in [0.25, 0.3) is 10.9 Å². The van der Waals surface area contributed by atoms with Gasteiger partial charge in [0, 0.05) is 29.7 Å². The number of carboxylic acids is 1. The maximum Gasteiger partial charge on any atom is 0.327 e. The number of hydrogen-bond donors (Lipinski definition) is 2. The van der Waals surface area contributed by atoms with Crippen molar-refractivity contribution >= 4 is 16.9 Å². The van der Waals surface area contributed by atoms with E-state index >= 15 is 0 Å². The lowest BCUT2D eigenvalue weighted by molar-refractivity contribution is -0.143. The molecular formula is C16H18N2O3. The molecule has 0 amide bonds. The zero-order chi connectivity index (χ0) is 15.0. The van der Waals surface area contributed by atoms with Gasteiger partial charge in [0.25, 0.3) is 0 Å². The van der Waals surface area contributed by atoms with Gasteiger partial charge in [-0.05, 0) is 30.2 Å². The molecule has 1 aliphatic heterocycles. The van der Waals surface area contributed by atoms with Crippen molar-refractivity contribution in [1.82, 2.24) is 9.88 Å². The van der Waals surface area contributed by atoms with Crippen LogP contribution < -0.4 is 4.74 Å². The number of hydrogen-bond acceptors (Lipinski definition) is 3. The molecule has 2 N–H and O–H groups in total. The Kier molecular flexibility index (Phi) is 3.43. The molecule has 2 aromatic rings. The first-order valence-electron chi connectivity index (χ1n) is 6.92. The number of carbonyl (C=O) groups is 1. The monoisotopic (exact) mass is 286 g/mol. The first-order valence-corrected chi connectivity index (χ1v) is 6.92. The minimum atomic E-state index is -0.837. The van der Waals surface area contributed by atoms with E-state index in [1.807, 2.05) is 23.1 Å². The lowest BCUT2D eigenvalue weighted by Gasteiger charge is -2.32. The molecule has 0 aliphatic carbocycles. The third-order valence-electron chi connectivity index (χ3n) is 4.03. The zero-order valence-corrected chi connectivity index (χ0v) is 11.9. The van der Waals surface area contributed by atoms with Crippen LogP contribution >= 0.6 is 0 Å². The topological polar surface area (TPSA) is 65.6 Å². The first-order chi connectivity index (χ1) is 10.2. The van der Waals surface area contributed by atoms with Crippen molar-refractivity contribution in [1.29, 1.82) is 0 Å². The summed E-state index contributed by atoms with van der Waals surface area (Å²) in [6.45, 7) is 4.98. The third-order valence-corrected chi connectivity index (χ3v) is 4.03. The Morgan fingerprint density at radius 2 is 2.43 bits per heavy atom. The smallest absolute Gasteiger partial charge is 0.327 e. The molecule has 0 saturated heterocycles. The van der Waals surface area contributed by atoms with Gasteiger partial charge >= 0.3 is 5.97 Å². The fraction of sp³-hybridized carbons (Fsp3) is 0.312. The Morgan fingerprint density at radius 1 is 1.62 bits per heavy atom. The molecule has 5 heteroatoms. The van der Waals surface area contributed by atoms with Crippen molar-refractivity contribution in [3.8, 4) is 5.75 Å². The van der Waals surface area contributed by atoms with Crippen molar-refractivity contribution in [2.24, 2.45) is 0 Å². The quantitative estimate of drug-likeness (QED) is 0.847. The molecule has 0 radical (unpaired) electrons. The van der Waals surface area contributed by atoms with E-state index in [0.29, 0.717) is 13.1 Å². The van der Waals surface area contributed by atoms with E-state index in [-0.39, 0.29) is 0 Å². The summed E-state index contributed by atoms with van der Waals surface area (Å²) in [6, 6.07) is 5.13. The maximum atomic E-state index is 11.7. The molecule has 1 aliphatic rings. The normalized spacial score (nSPS) is 18.4. The predicted octanol–water partition coefficient (Wildman–Crippen LogP) is 2.35. The molecule has 5 nitrogen and oxygen atoms in total. The number of fused-ring (bicyclic) bond motifs is 3. The van der Waals surface area contributed by atoms with Crippen LogP contribution in [0.4, 0.5) is 0 Å². The van der Waals surface area contributed by atoms with Crippen LogP contribution in [0.15, 0.2) is 30.9 Å². The second kappa shape index (κ2) is 5.26. The lowest BCUT2D eigenvalue weighted by Crippen LogP contribution is -2.39. The van der Waals surface area contributed by atoms with Crippen molar-refractivity contribution in [3.63, 3.8) is 0 Å². The van der Waals surface area contributed by atoms with Crippen LogP contribution in [-0.2, 0) is 11.2 Å². The van der Waals surface area contributed by atoms with Gasteiger partial charge in [0.15, 0.2) is 0 Å². The van der Waals surface area contributed by atoms with Crippen molar-refractivity contribution < 1.29 is 14.6 Å². The molecule has 1 unspecified atom stereocenters. The van der Waals surface area contributed by atoms with Gasteiger partial charge in [-0.3, -0.25) is 9.69 Å². The summed E-state index contributed by atoms with van der Waals surface area (Å²) in [4.78, 5) is 16.9. The summed E-state index contributed by atoms with van der Waals surface area (Å²) in [5.74, 6) is -0.0546. The highest BCUT2D eigenvalue weighted by molar-refractivity contribution is 5.89. The van der Waals surface area contributed by atoms with Crippen molar-refractivity contribution in [2.45, 2.75) is 12.5 Å². The lowest BCUT2D eigenvalue weighted by atomic mass is 9.97. The van der Waals surface area contributed by atoms with E-state index in [2.05, 4.69) is 11.6 Å². The number of H-pyrrole nitrogens is 1. The van der Waals surface area contributed by atoms with Crippen LogP contribution in [0.5, 0.6) is 5.75 Å². The SMILES string of the molecule is C=CCN1CCc2c([nH]c3ccc(OC)cc23)C1C(=O)O. The molecule has 110 valence electrons. The fourth-order valence-corrected chi connectivity index (χ4v) is 3.09. The van der Waals surface area contributed by atoms with Crippen molar-refractivity contribution in [2.75, 3.05) is 20.2 Å². The molecule has 0 fully saturated rings. The molecule has 0 saturated carbocycles. The Hall–Kier alpha value is -2.27. The van der Waals surface area contributed by atoms with Crippen LogP contribution in [0.2, 0.25) is 0 Å². The number of methoxy groups -OCH3 is 1. The molecule has 1 aromatic carbocycles. The molecule has 3 rings (SSSR count). The van der Waals surface area contributed by atoms with Crippen LogP contribution in [0, 0.1) is 0 Å². The second-order valence-corrected chi connectivity index (χ2v) is 5.20. The Labute approximate surface area is 122 Å². The van der Waals surface area contributed by atoms with Crippen molar-refractivity contribution in [3.05, 3.63) is 42.1 Å². The van der Waals surface area contributed by atoms with E-state index in [1.54, 1.807) is 13.2 Å². The van der Waals surface area contributed by atoms with Gasteiger partial charge in [-0.15, -0.1) is 6.58 Å². The van der Waals surface area contributed by atoms with Gasteiger partial charge in [-0.2, -0.15) is 0 Å². The van der Waals surface area contributed by atoms with E-state index in [9.17, 15) is 9.90 Å². The second-order valence-electron chi connectivity index (χ2n) is 5.20. The van der Waals surface area contributed by atoms with E-state index in [1.165, 1.54) is 0 Å². The Bertz CT molecular complexity index is 705. The number of carboxylic acid groups (broad SMARTS) is 1. The van der Waals surface area contributed by atoms with E-state index in [0.717, 1.165) is 34.3 Å². The highest BCUT2D eigenvalue weighted by Gasteiger charge is 2.34. The number of aliphatic carboxylic acids is 1. The Morgan fingerprint density at radius 3 is 3.10 bits per heavy atom. The number of rotatable bonds is 4. The zero-order valence-electron chi connectivity index (χ0n) is 11.9. The number of benzene rings is 1. The summed E-state index contributed by atoms with van der Waals surface area (Å²) in [7, 11) is 1.63.